The van der Waals surface area contributed by atoms with E-state index in [1.54, 1.807) is 23.5 Å². The molecule has 0 aromatic carbocycles. The second-order valence-corrected chi connectivity index (χ2v) is 8.79. The third-order valence-electron chi connectivity index (χ3n) is 5.07. The maximum atomic E-state index is 13.5. The number of anilines is 2. The van der Waals surface area contributed by atoms with Crippen LogP contribution < -0.4 is 9.80 Å². The summed E-state index contributed by atoms with van der Waals surface area (Å²) < 4.78 is 16.5. The van der Waals surface area contributed by atoms with Gasteiger partial charge in [0, 0.05) is 29.0 Å². The van der Waals surface area contributed by atoms with Gasteiger partial charge in [0.2, 0.25) is 0 Å². The predicted molar refractivity (Wildman–Crippen MR) is 114 cm³/mol. The van der Waals surface area contributed by atoms with Gasteiger partial charge >= 0.3 is 6.03 Å². The molecule has 5 rings (SSSR count). The molecule has 1 atom stereocenters. The normalized spacial score (nSPS) is 18.6. The van der Waals surface area contributed by atoms with Crippen LogP contribution in [0.15, 0.2) is 45.7 Å². The van der Waals surface area contributed by atoms with E-state index in [9.17, 15) is 9.18 Å². The molecule has 0 saturated carbocycles. The molecule has 7 nitrogen and oxygen atoms in total. The summed E-state index contributed by atoms with van der Waals surface area (Å²) in [7, 11) is 0. The Morgan fingerprint density at radius 2 is 2.00 bits per heavy atom. The van der Waals surface area contributed by atoms with E-state index >= 15 is 0 Å². The van der Waals surface area contributed by atoms with Crippen molar-refractivity contribution in [2.24, 2.45) is 0 Å². The number of hydrogen-bond donors (Lipinski definition) is 0. The van der Waals surface area contributed by atoms with E-state index in [1.807, 2.05) is 23.1 Å². The lowest BCUT2D eigenvalue weighted by molar-refractivity contribution is 0.248. The molecule has 1 saturated heterocycles. The highest BCUT2D eigenvalue weighted by atomic mass is 79.9. The van der Waals surface area contributed by atoms with Crippen LogP contribution in [0, 0.1) is 0 Å². The number of nitrogens with zero attached hydrogens (tertiary/aromatic N) is 6. The number of alkyl halides is 1. The highest BCUT2D eigenvalue weighted by Crippen LogP contribution is 2.33. The molecule has 148 valence electrons. The largest absolute Gasteiger partial charge is 0.353 e. The van der Waals surface area contributed by atoms with E-state index in [0.717, 1.165) is 26.0 Å². The molecule has 1 amide bonds. The van der Waals surface area contributed by atoms with Gasteiger partial charge in [-0.1, -0.05) is 0 Å². The molecule has 0 aliphatic carbocycles. The van der Waals surface area contributed by atoms with Crippen LogP contribution in [0.2, 0.25) is 0 Å². The van der Waals surface area contributed by atoms with Gasteiger partial charge in [0.25, 0.3) is 0 Å². The van der Waals surface area contributed by atoms with Gasteiger partial charge in [-0.25, -0.2) is 14.2 Å². The number of amides is 1. The summed E-state index contributed by atoms with van der Waals surface area (Å²) in [6.45, 7) is 1.43. The molecule has 3 aromatic heterocycles. The number of carbonyl (C=O) groups is 1. The molecular formula is C19H15Br2FN6O. The highest BCUT2D eigenvalue weighted by molar-refractivity contribution is 9.10. The molecule has 0 spiro atoms. The van der Waals surface area contributed by atoms with Crippen LogP contribution in [0.3, 0.4) is 0 Å². The first-order valence-electron chi connectivity index (χ1n) is 9.06. The Morgan fingerprint density at radius 1 is 1.14 bits per heavy atom. The van der Waals surface area contributed by atoms with Gasteiger partial charge in [-0.05, 0) is 56.5 Å². The third kappa shape index (κ3) is 3.33. The fourth-order valence-electron chi connectivity index (χ4n) is 3.65. The van der Waals surface area contributed by atoms with Crippen molar-refractivity contribution in [2.45, 2.75) is 19.1 Å². The number of halogens is 3. The zero-order valence-corrected chi connectivity index (χ0v) is 18.3. The lowest BCUT2D eigenvalue weighted by Crippen LogP contribution is -2.26. The first-order chi connectivity index (χ1) is 14.0. The van der Waals surface area contributed by atoms with Crippen molar-refractivity contribution < 1.29 is 9.18 Å². The average Bonchev–Trinajstić information content (AvgIpc) is 3.38. The predicted octanol–water partition coefficient (Wildman–Crippen LogP) is 4.40. The molecule has 0 radical (unpaired) electrons. The van der Waals surface area contributed by atoms with E-state index < -0.39 is 6.17 Å². The van der Waals surface area contributed by atoms with Gasteiger partial charge in [0.15, 0.2) is 0 Å². The third-order valence-corrected chi connectivity index (χ3v) is 6.08. The van der Waals surface area contributed by atoms with Crippen LogP contribution in [-0.4, -0.2) is 45.0 Å². The van der Waals surface area contributed by atoms with E-state index in [0.29, 0.717) is 37.4 Å². The summed E-state index contributed by atoms with van der Waals surface area (Å²) >= 11 is 6.92. The van der Waals surface area contributed by atoms with E-state index in [2.05, 4.69) is 46.9 Å². The van der Waals surface area contributed by atoms with E-state index in [4.69, 9.17) is 0 Å². The summed E-state index contributed by atoms with van der Waals surface area (Å²) in [5.41, 5.74) is 2.97. The first-order valence-corrected chi connectivity index (χ1v) is 10.6. The van der Waals surface area contributed by atoms with Gasteiger partial charge in [-0.15, -0.1) is 0 Å². The lowest BCUT2D eigenvalue weighted by atomic mass is 10.2. The van der Waals surface area contributed by atoms with E-state index in [1.165, 1.54) is 4.68 Å². The Kier molecular flexibility index (Phi) is 4.62. The molecule has 0 N–H and O–H groups in total. The maximum Gasteiger partial charge on any atom is 0.349 e. The standard InChI is InChI=1S/C19H15Br2FN6O/c20-12-4-14(8-23-7-12)27-10-15-5-17(25-28(15)19(27)29)11-3-16(21)18(24-6-11)26-2-1-13(22)9-26/h3-8,13H,1-2,9-10H2/t13-/m0/s1. The highest BCUT2D eigenvalue weighted by Gasteiger charge is 2.31. The minimum Gasteiger partial charge on any atom is -0.353 e. The SMILES string of the molecule is O=C1N(c2cncc(Br)c2)Cc2cc(-c3cnc(N4CC[C@H](F)C4)c(Br)c3)nn21. The molecular weight excluding hydrogens is 507 g/mol. The van der Waals surface area contributed by atoms with Crippen molar-refractivity contribution >= 4 is 49.4 Å². The van der Waals surface area contributed by atoms with Crippen molar-refractivity contribution in [2.75, 3.05) is 22.9 Å². The zero-order chi connectivity index (χ0) is 20.1. The van der Waals surface area contributed by atoms with Crippen molar-refractivity contribution in [3.8, 4) is 11.3 Å². The summed E-state index contributed by atoms with van der Waals surface area (Å²) in [5, 5.41) is 4.48. The Hall–Kier alpha value is -2.33. The molecule has 3 aromatic rings. The first kappa shape index (κ1) is 18.7. The van der Waals surface area contributed by atoms with Gasteiger partial charge in [-0.3, -0.25) is 9.88 Å². The number of aromatic nitrogens is 4. The number of carbonyl (C=O) groups excluding carboxylic acids is 1. The van der Waals surface area contributed by atoms with Gasteiger partial charge in [0.05, 0.1) is 40.8 Å². The molecule has 1 fully saturated rings. The zero-order valence-electron chi connectivity index (χ0n) is 15.1. The maximum absolute atomic E-state index is 13.5. The van der Waals surface area contributed by atoms with Crippen molar-refractivity contribution in [1.29, 1.82) is 0 Å². The Morgan fingerprint density at radius 3 is 2.69 bits per heavy atom. The number of pyridine rings is 2. The van der Waals surface area contributed by atoms with Crippen molar-refractivity contribution in [1.82, 2.24) is 19.7 Å². The smallest absolute Gasteiger partial charge is 0.349 e. The number of fused-ring (bicyclic) bond motifs is 1. The van der Waals surface area contributed by atoms with Crippen LogP contribution in [-0.2, 0) is 6.54 Å². The molecule has 29 heavy (non-hydrogen) atoms. The van der Waals surface area contributed by atoms with Gasteiger partial charge in [-0.2, -0.15) is 9.78 Å². The molecule has 0 bridgehead atoms. The Labute approximate surface area is 182 Å². The topological polar surface area (TPSA) is 67.2 Å². The van der Waals surface area contributed by atoms with Gasteiger partial charge in [0.1, 0.15) is 12.0 Å². The Balaban J connectivity index is 1.40. The van der Waals surface area contributed by atoms with Crippen molar-refractivity contribution in [3.05, 3.63) is 51.4 Å². The second kappa shape index (κ2) is 7.17. The van der Waals surface area contributed by atoms with Crippen LogP contribution in [0.5, 0.6) is 0 Å². The molecule has 10 heteroatoms. The average molecular weight is 522 g/mol. The monoisotopic (exact) mass is 520 g/mol. The van der Waals surface area contributed by atoms with Gasteiger partial charge < -0.3 is 4.90 Å². The molecule has 0 unspecified atom stereocenters. The Bertz CT molecular complexity index is 1120. The van der Waals surface area contributed by atoms with Crippen LogP contribution >= 0.6 is 31.9 Å². The summed E-state index contributed by atoms with van der Waals surface area (Å²) in [5.74, 6) is 0.727. The lowest BCUT2D eigenvalue weighted by Gasteiger charge is -2.18. The minimum atomic E-state index is -0.811. The fraction of sp³-hybridized carbons (Fsp3) is 0.263. The van der Waals surface area contributed by atoms with Crippen LogP contribution in [0.4, 0.5) is 20.7 Å². The van der Waals surface area contributed by atoms with Crippen molar-refractivity contribution in [3.63, 3.8) is 0 Å². The summed E-state index contributed by atoms with van der Waals surface area (Å²) in [4.78, 5) is 25.0. The second-order valence-electron chi connectivity index (χ2n) is 7.02. The molecule has 2 aliphatic heterocycles. The summed E-state index contributed by atoms with van der Waals surface area (Å²) in [6.07, 6.45) is 4.75. The van der Waals surface area contributed by atoms with Crippen LogP contribution in [0.1, 0.15) is 12.1 Å². The quantitative estimate of drug-likeness (QED) is 0.511. The van der Waals surface area contributed by atoms with E-state index in [-0.39, 0.29) is 6.03 Å². The summed E-state index contributed by atoms with van der Waals surface area (Å²) in [6, 6.07) is 5.42. The molecule has 2 aliphatic rings. The van der Waals surface area contributed by atoms with Crippen LogP contribution in [0.25, 0.3) is 11.3 Å². The molecule has 5 heterocycles. The number of rotatable bonds is 3. The number of hydrogen-bond acceptors (Lipinski definition) is 5. The fourth-order valence-corrected chi connectivity index (χ4v) is 4.60. The minimum absolute atomic E-state index is 0.221.